The molecule has 0 atom stereocenters. The van der Waals surface area contributed by atoms with E-state index in [0.717, 1.165) is 55.4 Å². The molecule has 7 rings (SSSR count). The Labute approximate surface area is 278 Å². The molecular formula is C40H34N3OPt-. The summed E-state index contributed by atoms with van der Waals surface area (Å²) in [6, 6.07) is 38.8. The van der Waals surface area contributed by atoms with E-state index in [1.165, 1.54) is 11.1 Å². The normalized spacial score (nSPS) is 11.6. The van der Waals surface area contributed by atoms with Gasteiger partial charge in [0.15, 0.2) is 0 Å². The zero-order valence-corrected chi connectivity index (χ0v) is 28.3. The number of aromatic nitrogens is 3. The third-order valence-corrected chi connectivity index (χ3v) is 8.26. The molecule has 0 unspecified atom stereocenters. The molecule has 2 heterocycles. The number of imidazole rings is 1. The first-order valence-electron chi connectivity index (χ1n) is 15.0. The summed E-state index contributed by atoms with van der Waals surface area (Å²) >= 11 is 0. The van der Waals surface area contributed by atoms with E-state index in [1.54, 1.807) is 6.07 Å². The fourth-order valence-electron chi connectivity index (χ4n) is 6.03. The molecule has 0 radical (unpaired) electrons. The maximum Gasteiger partial charge on any atom is 0.148 e. The Balaban J connectivity index is 0.00000357. The van der Waals surface area contributed by atoms with Crippen LogP contribution in [0.25, 0.3) is 61.3 Å². The zero-order valence-electron chi connectivity index (χ0n) is 26.0. The Bertz CT molecular complexity index is 2180. The van der Waals surface area contributed by atoms with Gasteiger partial charge in [-0.25, -0.2) is 4.98 Å². The van der Waals surface area contributed by atoms with E-state index in [1.807, 2.05) is 24.4 Å². The number of aryl methyl sites for hydroxylation is 2. The monoisotopic (exact) mass is 767 g/mol. The molecule has 1 N–H and O–H groups in total. The molecular weight excluding hydrogens is 734 g/mol. The molecule has 0 aliphatic heterocycles. The molecule has 0 bridgehead atoms. The average molecular weight is 768 g/mol. The van der Waals surface area contributed by atoms with E-state index in [0.29, 0.717) is 11.4 Å². The van der Waals surface area contributed by atoms with Crippen LogP contribution in [0.15, 0.2) is 109 Å². The van der Waals surface area contributed by atoms with Crippen LogP contribution < -0.4 is 0 Å². The minimum atomic E-state index is 0. The summed E-state index contributed by atoms with van der Waals surface area (Å²) in [6.45, 7) is 10.8. The third-order valence-electron chi connectivity index (χ3n) is 8.26. The van der Waals surface area contributed by atoms with Crippen molar-refractivity contribution < 1.29 is 26.2 Å². The molecule has 0 spiro atoms. The smallest absolute Gasteiger partial charge is 0.148 e. The van der Waals surface area contributed by atoms with Crippen molar-refractivity contribution in [2.75, 3.05) is 0 Å². The van der Waals surface area contributed by atoms with Crippen LogP contribution in [0.1, 0.15) is 37.5 Å². The van der Waals surface area contributed by atoms with Gasteiger partial charge in [-0.15, -0.1) is 35.4 Å². The number of pyridine rings is 1. The SMILES string of the molecule is Cc1cnc2c(-c3[c-]c(-c4cccc5c4nc(-c4ccccc4O)n5-c4ccc(C(C)(C)C)cc4)ccc3)cc(C)cc2c1.[Pt]. The number of phenolic OH excluding ortho intramolecular Hbond substituents is 1. The fraction of sp³-hybridized carbons (Fsp3) is 0.150. The summed E-state index contributed by atoms with van der Waals surface area (Å²) in [7, 11) is 0. The Morgan fingerprint density at radius 1 is 0.689 bits per heavy atom. The summed E-state index contributed by atoms with van der Waals surface area (Å²) in [4.78, 5) is 10.0. The minimum absolute atomic E-state index is 0. The molecule has 2 aromatic heterocycles. The minimum Gasteiger partial charge on any atom is -0.507 e. The Morgan fingerprint density at radius 2 is 1.36 bits per heavy atom. The van der Waals surface area contributed by atoms with Crippen LogP contribution in [-0.2, 0) is 26.5 Å². The van der Waals surface area contributed by atoms with Crippen molar-refractivity contribution in [1.82, 2.24) is 14.5 Å². The maximum atomic E-state index is 10.9. The quantitative estimate of drug-likeness (QED) is 0.182. The van der Waals surface area contributed by atoms with Crippen molar-refractivity contribution in [3.8, 4) is 45.1 Å². The van der Waals surface area contributed by atoms with Crippen LogP contribution in [0, 0.1) is 19.9 Å². The van der Waals surface area contributed by atoms with Crippen LogP contribution in [0.4, 0.5) is 0 Å². The summed E-state index contributed by atoms with van der Waals surface area (Å²) in [5, 5.41) is 12.0. The summed E-state index contributed by atoms with van der Waals surface area (Å²) in [5.74, 6) is 0.883. The Kier molecular flexibility index (Phi) is 7.97. The van der Waals surface area contributed by atoms with Gasteiger partial charge in [0.2, 0.25) is 0 Å². The van der Waals surface area contributed by atoms with Gasteiger partial charge in [0, 0.05) is 38.5 Å². The predicted octanol–water partition coefficient (Wildman–Crippen LogP) is 9.99. The van der Waals surface area contributed by atoms with Gasteiger partial charge in [-0.2, -0.15) is 0 Å². The molecule has 4 nitrogen and oxygen atoms in total. The first-order chi connectivity index (χ1) is 21.2. The van der Waals surface area contributed by atoms with Crippen LogP contribution >= 0.6 is 0 Å². The Morgan fingerprint density at radius 3 is 2.09 bits per heavy atom. The molecule has 45 heavy (non-hydrogen) atoms. The zero-order chi connectivity index (χ0) is 30.6. The number of benzene rings is 5. The van der Waals surface area contributed by atoms with Crippen molar-refractivity contribution in [1.29, 1.82) is 0 Å². The molecule has 7 aromatic rings. The van der Waals surface area contributed by atoms with Gasteiger partial charge in [0.25, 0.3) is 0 Å². The molecule has 0 aliphatic rings. The van der Waals surface area contributed by atoms with Crippen molar-refractivity contribution in [2.45, 2.75) is 40.0 Å². The van der Waals surface area contributed by atoms with E-state index in [2.05, 4.69) is 124 Å². The molecule has 0 saturated carbocycles. The summed E-state index contributed by atoms with van der Waals surface area (Å²) in [6.07, 6.45) is 1.92. The average Bonchev–Trinajstić information content (AvgIpc) is 3.40. The molecule has 0 amide bonds. The van der Waals surface area contributed by atoms with Crippen LogP contribution in [0.5, 0.6) is 5.75 Å². The Hall–Kier alpha value is -4.53. The first kappa shape index (κ1) is 30.5. The number of rotatable bonds is 4. The van der Waals surface area contributed by atoms with Gasteiger partial charge in [0.05, 0.1) is 16.6 Å². The van der Waals surface area contributed by atoms with Crippen LogP contribution in [0.3, 0.4) is 0 Å². The van der Waals surface area contributed by atoms with E-state index in [4.69, 9.17) is 9.97 Å². The van der Waals surface area contributed by atoms with Crippen molar-refractivity contribution in [2.24, 2.45) is 0 Å². The fourth-order valence-corrected chi connectivity index (χ4v) is 6.03. The number of para-hydroxylation sites is 2. The van der Waals surface area contributed by atoms with Gasteiger partial charge < -0.3 is 5.11 Å². The summed E-state index contributed by atoms with van der Waals surface area (Å²) in [5.41, 5.74) is 12.1. The maximum absolute atomic E-state index is 10.9. The topological polar surface area (TPSA) is 50.9 Å². The molecule has 5 heteroatoms. The van der Waals surface area contributed by atoms with E-state index in [-0.39, 0.29) is 32.2 Å². The number of nitrogens with zero attached hydrogens (tertiary/aromatic N) is 3. The van der Waals surface area contributed by atoms with Gasteiger partial charge in [-0.3, -0.25) is 9.55 Å². The second-order valence-corrected chi connectivity index (χ2v) is 12.6. The van der Waals surface area contributed by atoms with Crippen molar-refractivity contribution in [3.05, 3.63) is 132 Å². The molecule has 0 saturated heterocycles. The van der Waals surface area contributed by atoms with Gasteiger partial charge in [0.1, 0.15) is 11.6 Å². The third kappa shape index (κ3) is 5.60. The molecule has 0 aliphatic carbocycles. The van der Waals surface area contributed by atoms with Crippen molar-refractivity contribution >= 4 is 21.9 Å². The second kappa shape index (κ2) is 11.8. The van der Waals surface area contributed by atoms with E-state index >= 15 is 0 Å². The largest absolute Gasteiger partial charge is 0.507 e. The number of aromatic hydroxyl groups is 1. The van der Waals surface area contributed by atoms with Gasteiger partial charge in [-0.1, -0.05) is 86.0 Å². The molecule has 0 fully saturated rings. The molecule has 226 valence electrons. The van der Waals surface area contributed by atoms with Crippen LogP contribution in [-0.4, -0.2) is 19.6 Å². The van der Waals surface area contributed by atoms with E-state index in [9.17, 15) is 5.11 Å². The number of hydrogen-bond acceptors (Lipinski definition) is 3. The summed E-state index contributed by atoms with van der Waals surface area (Å²) < 4.78 is 2.14. The standard InChI is InChI=1S/C40H34N3O.Pt/c1-25-20-29-21-26(2)24-41-37(29)34(22-25)28-11-8-10-27(23-28)32-13-9-14-35-38(32)42-39(33-12-6-7-15-36(33)44)43(35)31-18-16-30(17-19-31)40(3,4)5;/h6-22,24,44H,1-5H3;/q-1;. The second-order valence-electron chi connectivity index (χ2n) is 12.6. The first-order valence-corrected chi connectivity index (χ1v) is 15.0. The van der Waals surface area contributed by atoms with Gasteiger partial charge >= 0.3 is 0 Å². The molecule has 5 aromatic carbocycles. The number of hydrogen-bond donors (Lipinski definition) is 1. The predicted molar refractivity (Wildman–Crippen MR) is 181 cm³/mol. The number of phenols is 1. The van der Waals surface area contributed by atoms with Gasteiger partial charge in [-0.05, 0) is 72.2 Å². The van der Waals surface area contributed by atoms with Crippen molar-refractivity contribution in [3.63, 3.8) is 0 Å². The van der Waals surface area contributed by atoms with Crippen LogP contribution in [0.2, 0.25) is 0 Å². The number of fused-ring (bicyclic) bond motifs is 2. The van der Waals surface area contributed by atoms with E-state index < -0.39 is 0 Å².